The normalized spacial score (nSPS) is 20.9. The average Bonchev–Trinajstić information content (AvgIpc) is 2.95. The Balaban J connectivity index is 1.51. The van der Waals surface area contributed by atoms with Gasteiger partial charge in [0.05, 0.1) is 16.1 Å². The van der Waals surface area contributed by atoms with Gasteiger partial charge in [-0.2, -0.15) is 0 Å². The zero-order chi connectivity index (χ0) is 18.4. The van der Waals surface area contributed by atoms with E-state index < -0.39 is 6.10 Å². The van der Waals surface area contributed by atoms with Gasteiger partial charge in [0, 0.05) is 24.7 Å². The number of fused-ring (bicyclic) bond motifs is 2. The lowest BCUT2D eigenvalue weighted by Gasteiger charge is -2.34. The van der Waals surface area contributed by atoms with Crippen molar-refractivity contribution in [3.8, 4) is 0 Å². The maximum absolute atomic E-state index is 10.6. The summed E-state index contributed by atoms with van der Waals surface area (Å²) in [6.07, 6.45) is 0.392. The monoisotopic (exact) mass is 407 g/mol. The van der Waals surface area contributed by atoms with Crippen LogP contribution in [0.2, 0.25) is 15.1 Å². The van der Waals surface area contributed by atoms with Crippen LogP contribution in [-0.2, 0) is 6.42 Å². The zero-order valence-corrected chi connectivity index (χ0v) is 16.7. The van der Waals surface area contributed by atoms with Gasteiger partial charge in [-0.3, -0.25) is 4.90 Å². The third-order valence-corrected chi connectivity index (χ3v) is 6.32. The summed E-state index contributed by atoms with van der Waals surface area (Å²) < 4.78 is 0. The first kappa shape index (κ1) is 18.3. The second-order valence-corrected chi connectivity index (χ2v) is 8.53. The highest BCUT2D eigenvalue weighted by atomic mass is 35.5. The van der Waals surface area contributed by atoms with Crippen molar-refractivity contribution in [2.45, 2.75) is 19.4 Å². The summed E-state index contributed by atoms with van der Waals surface area (Å²) in [7, 11) is 0. The minimum absolute atomic E-state index is 0.416. The minimum Gasteiger partial charge on any atom is -0.387 e. The molecule has 136 valence electrons. The smallest absolute Gasteiger partial charge is 0.0917 e. The lowest BCUT2D eigenvalue weighted by Crippen LogP contribution is -2.38. The van der Waals surface area contributed by atoms with Gasteiger partial charge in [-0.25, -0.2) is 0 Å². The summed E-state index contributed by atoms with van der Waals surface area (Å²) in [5.74, 6) is 0.416. The number of β-amino-alcohol motifs (C(OH)–C–C–N with tert-alkyl or cyclic N) is 1. The second-order valence-electron chi connectivity index (χ2n) is 7.28. The van der Waals surface area contributed by atoms with Crippen LogP contribution in [0.3, 0.4) is 0 Å². The molecule has 5 heteroatoms. The number of aliphatic hydroxyl groups is 1. The van der Waals surface area contributed by atoms with E-state index in [1.807, 2.05) is 12.1 Å². The summed E-state index contributed by atoms with van der Waals surface area (Å²) in [6, 6.07) is 11.5. The van der Waals surface area contributed by atoms with Gasteiger partial charge in [-0.15, -0.1) is 0 Å². The first-order chi connectivity index (χ1) is 12.4. The second kappa shape index (κ2) is 7.18. The van der Waals surface area contributed by atoms with E-state index in [1.54, 1.807) is 12.1 Å². The Morgan fingerprint density at radius 3 is 2.69 bits per heavy atom. The average molecular weight is 409 g/mol. The van der Waals surface area contributed by atoms with Crippen molar-refractivity contribution in [2.75, 3.05) is 19.6 Å². The van der Waals surface area contributed by atoms with Gasteiger partial charge < -0.3 is 5.11 Å². The van der Waals surface area contributed by atoms with Crippen LogP contribution in [0.15, 0.2) is 42.0 Å². The molecule has 0 saturated heterocycles. The lowest BCUT2D eigenvalue weighted by atomic mass is 9.89. The van der Waals surface area contributed by atoms with Crippen molar-refractivity contribution in [1.82, 2.24) is 4.90 Å². The van der Waals surface area contributed by atoms with Gasteiger partial charge in [0.2, 0.25) is 0 Å². The molecule has 0 amide bonds. The molecule has 26 heavy (non-hydrogen) atoms. The molecule has 0 saturated carbocycles. The molecule has 2 aliphatic rings. The highest BCUT2D eigenvalue weighted by Crippen LogP contribution is 2.42. The van der Waals surface area contributed by atoms with Crippen LogP contribution in [-0.4, -0.2) is 29.6 Å². The van der Waals surface area contributed by atoms with Gasteiger partial charge in [0.15, 0.2) is 0 Å². The van der Waals surface area contributed by atoms with Crippen LogP contribution in [0.25, 0.3) is 5.57 Å². The van der Waals surface area contributed by atoms with Crippen molar-refractivity contribution in [2.24, 2.45) is 5.92 Å². The van der Waals surface area contributed by atoms with Crippen molar-refractivity contribution < 1.29 is 5.11 Å². The maximum atomic E-state index is 10.6. The molecule has 2 unspecified atom stereocenters. The van der Waals surface area contributed by atoms with Gasteiger partial charge in [-0.1, -0.05) is 53.9 Å². The number of halogens is 3. The van der Waals surface area contributed by atoms with Crippen LogP contribution < -0.4 is 0 Å². The van der Waals surface area contributed by atoms with Gasteiger partial charge in [-0.05, 0) is 64.4 Å². The Kier molecular flexibility index (Phi) is 5.06. The molecule has 1 aliphatic carbocycles. The number of nitrogens with zero attached hydrogens (tertiary/aromatic N) is 1. The van der Waals surface area contributed by atoms with Crippen LogP contribution in [0.1, 0.15) is 29.7 Å². The first-order valence-corrected chi connectivity index (χ1v) is 9.92. The number of hydrogen-bond acceptors (Lipinski definition) is 2. The fourth-order valence-electron chi connectivity index (χ4n) is 4.25. The summed E-state index contributed by atoms with van der Waals surface area (Å²) >= 11 is 18.3. The molecule has 4 rings (SSSR count). The molecule has 2 nitrogen and oxygen atoms in total. The van der Waals surface area contributed by atoms with E-state index in [0.717, 1.165) is 30.1 Å². The standard InChI is InChI=1S/C21H20Cl3NO/c1-12-9-25(11-20(26)14-3-5-18(23)19(24)7-14)10-15-6-13-2-4-16(22)8-17(13)21(12)15/h2-5,7-8,12,20,26H,6,9-11H2,1H3. The molecule has 0 spiro atoms. The number of rotatable bonds is 3. The van der Waals surface area contributed by atoms with Gasteiger partial charge in [0.25, 0.3) is 0 Å². The molecule has 2 aromatic rings. The Morgan fingerprint density at radius 1 is 1.12 bits per heavy atom. The van der Waals surface area contributed by atoms with Gasteiger partial charge >= 0.3 is 0 Å². The maximum Gasteiger partial charge on any atom is 0.0917 e. The Bertz CT molecular complexity index is 893. The van der Waals surface area contributed by atoms with Crippen molar-refractivity contribution >= 4 is 40.4 Å². The molecule has 0 aromatic heterocycles. The van der Waals surface area contributed by atoms with Crippen molar-refractivity contribution in [3.63, 3.8) is 0 Å². The van der Waals surface area contributed by atoms with E-state index in [2.05, 4.69) is 24.0 Å². The quantitative estimate of drug-likeness (QED) is 0.710. The summed E-state index contributed by atoms with van der Waals surface area (Å²) in [5.41, 5.74) is 6.36. The van der Waals surface area contributed by atoms with E-state index in [9.17, 15) is 5.11 Å². The Morgan fingerprint density at radius 2 is 1.92 bits per heavy atom. The molecular weight excluding hydrogens is 389 g/mol. The lowest BCUT2D eigenvalue weighted by molar-refractivity contribution is 0.111. The number of hydrogen-bond donors (Lipinski definition) is 1. The van der Waals surface area contributed by atoms with Crippen LogP contribution in [0, 0.1) is 5.92 Å². The third kappa shape index (κ3) is 3.42. The van der Waals surface area contributed by atoms with E-state index in [1.165, 1.54) is 22.3 Å². The predicted octanol–water partition coefficient (Wildman–Crippen LogP) is 5.64. The molecule has 0 fully saturated rings. The fraction of sp³-hybridized carbons (Fsp3) is 0.333. The van der Waals surface area contributed by atoms with Crippen LogP contribution in [0.5, 0.6) is 0 Å². The van der Waals surface area contributed by atoms with Crippen LogP contribution >= 0.6 is 34.8 Å². The topological polar surface area (TPSA) is 23.5 Å². The minimum atomic E-state index is -0.586. The summed E-state index contributed by atoms with van der Waals surface area (Å²) in [5, 5.41) is 12.4. The van der Waals surface area contributed by atoms with E-state index in [4.69, 9.17) is 34.8 Å². The highest BCUT2D eigenvalue weighted by Gasteiger charge is 2.32. The number of aliphatic hydroxyl groups excluding tert-OH is 1. The summed E-state index contributed by atoms with van der Waals surface area (Å²) in [6.45, 7) is 4.63. The number of benzene rings is 2. The third-order valence-electron chi connectivity index (χ3n) is 5.35. The summed E-state index contributed by atoms with van der Waals surface area (Å²) in [4.78, 5) is 2.32. The van der Waals surface area contributed by atoms with Crippen molar-refractivity contribution in [1.29, 1.82) is 0 Å². The molecule has 2 atom stereocenters. The molecule has 0 bridgehead atoms. The van der Waals surface area contributed by atoms with E-state index in [0.29, 0.717) is 22.5 Å². The first-order valence-electron chi connectivity index (χ1n) is 8.78. The molecule has 2 aromatic carbocycles. The Labute approximate surface area is 169 Å². The Hall–Kier alpha value is -1.03. The SMILES string of the molecule is CC1CN(CC(O)c2ccc(Cl)c(Cl)c2)CC2=C1c1cc(Cl)ccc1C2. The molecule has 1 heterocycles. The zero-order valence-electron chi connectivity index (χ0n) is 14.5. The largest absolute Gasteiger partial charge is 0.387 e. The predicted molar refractivity (Wildman–Crippen MR) is 109 cm³/mol. The highest BCUT2D eigenvalue weighted by molar-refractivity contribution is 6.42. The van der Waals surface area contributed by atoms with Crippen molar-refractivity contribution in [3.05, 3.63) is 73.7 Å². The molecular formula is C21H20Cl3NO. The van der Waals surface area contributed by atoms with E-state index >= 15 is 0 Å². The van der Waals surface area contributed by atoms with Gasteiger partial charge in [0.1, 0.15) is 0 Å². The van der Waals surface area contributed by atoms with E-state index in [-0.39, 0.29) is 0 Å². The molecule has 0 radical (unpaired) electrons. The fourth-order valence-corrected chi connectivity index (χ4v) is 4.72. The molecule has 1 aliphatic heterocycles. The molecule has 1 N–H and O–H groups in total. The van der Waals surface area contributed by atoms with Crippen LogP contribution in [0.4, 0.5) is 0 Å².